The second kappa shape index (κ2) is 12.4. The third-order valence-electron chi connectivity index (χ3n) is 5.21. The summed E-state index contributed by atoms with van der Waals surface area (Å²) in [7, 11) is 1.55. The lowest BCUT2D eigenvalue weighted by Gasteiger charge is -2.07. The molecule has 4 rings (SSSR count). The van der Waals surface area contributed by atoms with Gasteiger partial charge in [-0.15, -0.1) is 0 Å². The minimum absolute atomic E-state index is 0.352. The molecule has 0 saturated heterocycles. The minimum atomic E-state index is -0.495. The van der Waals surface area contributed by atoms with Crippen molar-refractivity contribution in [3.05, 3.63) is 124 Å². The van der Waals surface area contributed by atoms with Gasteiger partial charge in [0.05, 0.1) is 18.9 Å². The average Bonchev–Trinajstić information content (AvgIpc) is 2.93. The number of hydrogen-bond donors (Lipinski definition) is 1. The summed E-state index contributed by atoms with van der Waals surface area (Å²) in [6.07, 6.45) is 1.46. The summed E-state index contributed by atoms with van der Waals surface area (Å²) in [4.78, 5) is 24.8. The Morgan fingerprint density at radius 2 is 1.51 bits per heavy atom. The number of esters is 1. The van der Waals surface area contributed by atoms with Crippen LogP contribution in [-0.4, -0.2) is 25.2 Å². The summed E-state index contributed by atoms with van der Waals surface area (Å²) in [6, 6.07) is 27.6. The second-order valence-electron chi connectivity index (χ2n) is 7.83. The first-order valence-corrected chi connectivity index (χ1v) is 11.6. The van der Waals surface area contributed by atoms with Crippen molar-refractivity contribution in [1.82, 2.24) is 5.43 Å². The van der Waals surface area contributed by atoms with Crippen LogP contribution in [-0.2, 0) is 6.61 Å². The number of amides is 1. The highest BCUT2D eigenvalue weighted by Gasteiger charge is 2.09. The van der Waals surface area contributed by atoms with Gasteiger partial charge < -0.3 is 14.2 Å². The molecule has 0 radical (unpaired) electrons. The number of rotatable bonds is 9. The maximum absolute atomic E-state index is 12.4. The largest absolute Gasteiger partial charge is 0.497 e. The zero-order chi connectivity index (χ0) is 26.0. The molecule has 4 aromatic rings. The van der Waals surface area contributed by atoms with Gasteiger partial charge in [0.1, 0.15) is 23.9 Å². The normalized spacial score (nSPS) is 10.6. The van der Waals surface area contributed by atoms with Crippen LogP contribution in [0, 0.1) is 0 Å². The summed E-state index contributed by atoms with van der Waals surface area (Å²) >= 11 is 5.89. The van der Waals surface area contributed by atoms with Crippen LogP contribution in [0.4, 0.5) is 0 Å². The summed E-state index contributed by atoms with van der Waals surface area (Å²) in [5.74, 6) is 0.768. The lowest BCUT2D eigenvalue weighted by Crippen LogP contribution is -2.17. The molecule has 0 aliphatic rings. The molecule has 4 aromatic carbocycles. The van der Waals surface area contributed by atoms with E-state index in [0.29, 0.717) is 45.6 Å². The van der Waals surface area contributed by atoms with Gasteiger partial charge in [-0.25, -0.2) is 10.2 Å². The van der Waals surface area contributed by atoms with Crippen LogP contribution in [0.3, 0.4) is 0 Å². The Labute approximate surface area is 219 Å². The molecule has 0 unspecified atom stereocenters. The van der Waals surface area contributed by atoms with Gasteiger partial charge in [-0.2, -0.15) is 5.10 Å². The lowest BCUT2D eigenvalue weighted by atomic mass is 10.2. The van der Waals surface area contributed by atoms with Gasteiger partial charge >= 0.3 is 5.97 Å². The maximum atomic E-state index is 12.4. The summed E-state index contributed by atoms with van der Waals surface area (Å²) in [5, 5.41) is 4.67. The number of methoxy groups -OCH3 is 1. The van der Waals surface area contributed by atoms with E-state index in [9.17, 15) is 9.59 Å². The fraction of sp³-hybridized carbons (Fsp3) is 0.0690. The van der Waals surface area contributed by atoms with Crippen LogP contribution >= 0.6 is 11.6 Å². The Bertz CT molecular complexity index is 1390. The lowest BCUT2D eigenvalue weighted by molar-refractivity contribution is 0.0734. The van der Waals surface area contributed by atoms with Crippen molar-refractivity contribution in [1.29, 1.82) is 0 Å². The number of benzene rings is 4. The SMILES string of the molecule is COc1ccc(C(=O)Oc2cccc(/C=N/NC(=O)c3ccc(OCc4ccc(Cl)cc4)cc3)c2)cc1. The monoisotopic (exact) mass is 514 g/mol. The molecule has 0 heterocycles. The summed E-state index contributed by atoms with van der Waals surface area (Å²) < 4.78 is 16.3. The molecule has 0 bridgehead atoms. The van der Waals surface area contributed by atoms with Gasteiger partial charge in [-0.05, 0) is 83.9 Å². The van der Waals surface area contributed by atoms with Crippen molar-refractivity contribution in [2.45, 2.75) is 6.61 Å². The van der Waals surface area contributed by atoms with E-state index in [1.54, 1.807) is 92.0 Å². The van der Waals surface area contributed by atoms with Crippen molar-refractivity contribution < 1.29 is 23.8 Å². The fourth-order valence-corrected chi connectivity index (χ4v) is 3.36. The Morgan fingerprint density at radius 3 is 2.22 bits per heavy atom. The van der Waals surface area contributed by atoms with E-state index in [1.165, 1.54) is 6.21 Å². The van der Waals surface area contributed by atoms with Crippen LogP contribution in [0.1, 0.15) is 31.8 Å². The van der Waals surface area contributed by atoms with E-state index < -0.39 is 5.97 Å². The molecule has 0 aliphatic carbocycles. The Kier molecular flexibility index (Phi) is 8.52. The smallest absolute Gasteiger partial charge is 0.343 e. The molecule has 0 atom stereocenters. The van der Waals surface area contributed by atoms with Gasteiger partial charge in [0.15, 0.2) is 0 Å². The molecule has 37 heavy (non-hydrogen) atoms. The van der Waals surface area contributed by atoms with Crippen molar-refractivity contribution in [3.8, 4) is 17.2 Å². The molecule has 1 amide bonds. The zero-order valence-electron chi connectivity index (χ0n) is 19.9. The van der Waals surface area contributed by atoms with E-state index in [-0.39, 0.29) is 5.91 Å². The maximum Gasteiger partial charge on any atom is 0.343 e. The van der Waals surface area contributed by atoms with Gasteiger partial charge in [-0.1, -0.05) is 35.9 Å². The zero-order valence-corrected chi connectivity index (χ0v) is 20.6. The molecule has 186 valence electrons. The predicted octanol–water partition coefficient (Wildman–Crippen LogP) is 5.91. The van der Waals surface area contributed by atoms with E-state index in [1.807, 2.05) is 12.1 Å². The number of nitrogens with zero attached hydrogens (tertiary/aromatic N) is 1. The first-order valence-electron chi connectivity index (χ1n) is 11.3. The standard InChI is InChI=1S/C29H23ClN2O5/c1-35-25-13-9-23(10-14-25)29(34)37-27-4-2-3-21(17-27)18-31-32-28(33)22-7-15-26(16-8-22)36-19-20-5-11-24(30)12-6-20/h2-18H,19H2,1H3,(H,32,33)/b31-18+. The number of carbonyl (C=O) groups is 2. The van der Waals surface area contributed by atoms with E-state index in [2.05, 4.69) is 10.5 Å². The summed E-state index contributed by atoms with van der Waals surface area (Å²) in [6.45, 7) is 0.390. The number of hydrazone groups is 1. The number of ether oxygens (including phenoxy) is 3. The van der Waals surface area contributed by atoms with E-state index in [0.717, 1.165) is 5.56 Å². The topological polar surface area (TPSA) is 86.2 Å². The van der Waals surface area contributed by atoms with Gasteiger partial charge in [0.25, 0.3) is 5.91 Å². The molecule has 8 heteroatoms. The highest BCUT2D eigenvalue weighted by molar-refractivity contribution is 6.30. The van der Waals surface area contributed by atoms with E-state index >= 15 is 0 Å². The molecule has 0 aliphatic heterocycles. The minimum Gasteiger partial charge on any atom is -0.497 e. The van der Waals surface area contributed by atoms with Crippen LogP contribution in [0.15, 0.2) is 102 Å². The first kappa shape index (κ1) is 25.5. The molecule has 0 fully saturated rings. The number of halogens is 1. The second-order valence-corrected chi connectivity index (χ2v) is 8.27. The molecular formula is C29H23ClN2O5. The van der Waals surface area contributed by atoms with Crippen LogP contribution < -0.4 is 19.6 Å². The molecule has 0 spiro atoms. The Hall–Kier alpha value is -4.62. The Morgan fingerprint density at radius 1 is 0.838 bits per heavy atom. The van der Waals surface area contributed by atoms with Crippen molar-refractivity contribution in [3.63, 3.8) is 0 Å². The molecule has 0 saturated carbocycles. The molecular weight excluding hydrogens is 492 g/mol. The Balaban J connectivity index is 1.28. The third-order valence-corrected chi connectivity index (χ3v) is 5.46. The number of nitrogens with one attached hydrogen (secondary N) is 1. The highest BCUT2D eigenvalue weighted by Crippen LogP contribution is 2.18. The van der Waals surface area contributed by atoms with Crippen LogP contribution in [0.2, 0.25) is 5.02 Å². The van der Waals surface area contributed by atoms with Gasteiger partial charge in [0.2, 0.25) is 0 Å². The molecule has 1 N–H and O–H groups in total. The number of carbonyl (C=O) groups excluding carboxylic acids is 2. The quantitative estimate of drug-likeness (QED) is 0.130. The number of hydrogen-bond acceptors (Lipinski definition) is 6. The van der Waals surface area contributed by atoms with Gasteiger partial charge in [0, 0.05) is 10.6 Å². The summed E-state index contributed by atoms with van der Waals surface area (Å²) in [5.41, 5.74) is 4.94. The molecule has 7 nitrogen and oxygen atoms in total. The fourth-order valence-electron chi connectivity index (χ4n) is 3.23. The first-order chi connectivity index (χ1) is 18.0. The van der Waals surface area contributed by atoms with Crippen molar-refractivity contribution >= 4 is 29.7 Å². The van der Waals surface area contributed by atoms with Gasteiger partial charge in [-0.3, -0.25) is 4.79 Å². The van der Waals surface area contributed by atoms with Crippen LogP contribution in [0.5, 0.6) is 17.2 Å². The highest BCUT2D eigenvalue weighted by atomic mass is 35.5. The predicted molar refractivity (Wildman–Crippen MR) is 142 cm³/mol. The van der Waals surface area contributed by atoms with Crippen molar-refractivity contribution in [2.75, 3.05) is 7.11 Å². The van der Waals surface area contributed by atoms with E-state index in [4.69, 9.17) is 25.8 Å². The van der Waals surface area contributed by atoms with Crippen molar-refractivity contribution in [2.24, 2.45) is 5.10 Å². The average molecular weight is 515 g/mol. The third kappa shape index (κ3) is 7.43. The molecule has 0 aromatic heterocycles. The van der Waals surface area contributed by atoms with Crippen LogP contribution in [0.25, 0.3) is 0 Å².